The van der Waals surface area contributed by atoms with Crippen LogP contribution in [0.4, 0.5) is 4.79 Å². The van der Waals surface area contributed by atoms with Gasteiger partial charge >= 0.3 is 12.0 Å². The van der Waals surface area contributed by atoms with Crippen molar-refractivity contribution < 1.29 is 19.8 Å². The molecule has 0 aliphatic carbocycles. The lowest BCUT2D eigenvalue weighted by Gasteiger charge is -2.12. The number of aliphatic carboxylic acids is 1. The number of H-pyrrole nitrogens is 1. The number of phenolic OH excluding ortho intramolecular Hbond substituents is 1. The smallest absolute Gasteiger partial charge is 0.326 e. The van der Waals surface area contributed by atoms with E-state index in [1.165, 1.54) is 12.1 Å². The quantitative estimate of drug-likeness (QED) is 0.551. The van der Waals surface area contributed by atoms with Gasteiger partial charge in [0.25, 0.3) is 0 Å². The second kappa shape index (κ2) is 4.89. The molecule has 0 aliphatic heterocycles. The number of amides is 2. The Hall–Kier alpha value is -2.70. The number of hydrogen-bond acceptors (Lipinski definition) is 3. The number of benzene rings is 1. The van der Waals surface area contributed by atoms with Crippen molar-refractivity contribution in [1.29, 1.82) is 0 Å². The van der Waals surface area contributed by atoms with Crippen LogP contribution in [0, 0.1) is 0 Å². The van der Waals surface area contributed by atoms with Crippen LogP contribution in [0.25, 0.3) is 10.9 Å². The van der Waals surface area contributed by atoms with Crippen molar-refractivity contribution in [1.82, 2.24) is 10.3 Å². The van der Waals surface area contributed by atoms with Crippen molar-refractivity contribution in [3.8, 4) is 5.75 Å². The van der Waals surface area contributed by atoms with Gasteiger partial charge in [-0.2, -0.15) is 0 Å². The van der Waals surface area contributed by atoms with Crippen LogP contribution in [0.15, 0.2) is 24.4 Å². The fraction of sp³-hybridized carbons (Fsp3) is 0.167. The van der Waals surface area contributed by atoms with E-state index in [0.29, 0.717) is 10.9 Å². The van der Waals surface area contributed by atoms with Crippen molar-refractivity contribution in [2.45, 2.75) is 12.5 Å². The van der Waals surface area contributed by atoms with Crippen molar-refractivity contribution in [3.63, 3.8) is 0 Å². The number of hydrogen-bond donors (Lipinski definition) is 5. The number of carbonyl (C=O) groups excluding carboxylic acids is 1. The average Bonchev–Trinajstić information content (AvgIpc) is 2.70. The van der Waals surface area contributed by atoms with Crippen molar-refractivity contribution in [2.24, 2.45) is 5.73 Å². The SMILES string of the molecule is NC(=O)N[C@@H](Cc1c[nH]c2ccc(O)cc12)C(=O)O. The number of urea groups is 1. The third-order valence-electron chi connectivity index (χ3n) is 2.79. The van der Waals surface area contributed by atoms with E-state index >= 15 is 0 Å². The lowest BCUT2D eigenvalue weighted by Crippen LogP contribution is -2.44. The molecule has 19 heavy (non-hydrogen) atoms. The van der Waals surface area contributed by atoms with Crippen molar-refractivity contribution in [3.05, 3.63) is 30.0 Å². The van der Waals surface area contributed by atoms with Crippen LogP contribution >= 0.6 is 0 Å². The summed E-state index contributed by atoms with van der Waals surface area (Å²) in [7, 11) is 0. The summed E-state index contributed by atoms with van der Waals surface area (Å²) >= 11 is 0. The van der Waals surface area contributed by atoms with Gasteiger partial charge in [-0.1, -0.05) is 0 Å². The molecule has 7 heteroatoms. The molecule has 0 unspecified atom stereocenters. The number of nitrogens with two attached hydrogens (primary N) is 1. The molecule has 1 aromatic heterocycles. The van der Waals surface area contributed by atoms with Gasteiger partial charge in [-0.3, -0.25) is 0 Å². The average molecular weight is 263 g/mol. The van der Waals surface area contributed by atoms with Gasteiger partial charge in [-0.05, 0) is 23.8 Å². The minimum Gasteiger partial charge on any atom is -0.508 e. The van der Waals surface area contributed by atoms with Crippen LogP contribution in [0.1, 0.15) is 5.56 Å². The highest BCUT2D eigenvalue weighted by atomic mass is 16.4. The van der Waals surface area contributed by atoms with E-state index in [9.17, 15) is 14.7 Å². The highest BCUT2D eigenvalue weighted by Gasteiger charge is 2.20. The van der Waals surface area contributed by atoms with Gasteiger partial charge in [0.05, 0.1) is 0 Å². The number of fused-ring (bicyclic) bond motifs is 1. The van der Waals surface area contributed by atoms with Crippen LogP contribution < -0.4 is 11.1 Å². The first-order valence-corrected chi connectivity index (χ1v) is 5.55. The second-order valence-corrected chi connectivity index (χ2v) is 4.15. The molecule has 2 amide bonds. The van der Waals surface area contributed by atoms with Crippen LogP contribution in [-0.4, -0.2) is 33.2 Å². The summed E-state index contributed by atoms with van der Waals surface area (Å²) in [5, 5.41) is 21.3. The van der Waals surface area contributed by atoms with Gasteiger partial charge in [-0.25, -0.2) is 9.59 Å². The van der Waals surface area contributed by atoms with E-state index in [2.05, 4.69) is 10.3 Å². The van der Waals surface area contributed by atoms with E-state index in [-0.39, 0.29) is 12.2 Å². The topological polar surface area (TPSA) is 128 Å². The van der Waals surface area contributed by atoms with E-state index < -0.39 is 18.0 Å². The van der Waals surface area contributed by atoms with E-state index in [1.54, 1.807) is 12.3 Å². The minimum atomic E-state index is -1.17. The molecule has 7 nitrogen and oxygen atoms in total. The van der Waals surface area contributed by atoms with Crippen LogP contribution in [0.5, 0.6) is 5.75 Å². The number of aromatic amines is 1. The third-order valence-corrected chi connectivity index (χ3v) is 2.79. The summed E-state index contributed by atoms with van der Waals surface area (Å²) in [6.07, 6.45) is 1.71. The molecule has 0 aliphatic rings. The Morgan fingerprint density at radius 1 is 1.42 bits per heavy atom. The molecule has 1 heterocycles. The Morgan fingerprint density at radius 2 is 2.16 bits per heavy atom. The number of primary amides is 1. The summed E-state index contributed by atoms with van der Waals surface area (Å²) in [4.78, 5) is 24.8. The highest BCUT2D eigenvalue weighted by Crippen LogP contribution is 2.23. The number of phenols is 1. The lowest BCUT2D eigenvalue weighted by atomic mass is 10.0. The number of rotatable bonds is 4. The highest BCUT2D eigenvalue weighted by molar-refractivity contribution is 5.86. The summed E-state index contributed by atoms with van der Waals surface area (Å²) in [6.45, 7) is 0. The zero-order chi connectivity index (χ0) is 14.0. The first kappa shape index (κ1) is 12.7. The van der Waals surface area contributed by atoms with Gasteiger partial charge < -0.3 is 26.2 Å². The van der Waals surface area contributed by atoms with E-state index in [4.69, 9.17) is 10.8 Å². The molecule has 1 aromatic carbocycles. The molecule has 0 bridgehead atoms. The normalized spacial score (nSPS) is 12.2. The molecule has 2 aromatic rings. The number of carboxylic acid groups (broad SMARTS) is 1. The molecular weight excluding hydrogens is 250 g/mol. The van der Waals surface area contributed by atoms with Gasteiger partial charge in [0.1, 0.15) is 11.8 Å². The van der Waals surface area contributed by atoms with E-state index in [1.807, 2.05) is 0 Å². The van der Waals surface area contributed by atoms with Gasteiger partial charge in [0.2, 0.25) is 0 Å². The second-order valence-electron chi connectivity index (χ2n) is 4.15. The standard InChI is InChI=1S/C12H13N3O4/c13-12(19)15-10(11(17)18)3-6-5-14-9-2-1-7(16)4-8(6)9/h1-2,4-5,10,14,16H,3H2,(H,17,18)(H3,13,15,19)/t10-/m0/s1. The Balaban J connectivity index is 2.31. The first-order chi connectivity index (χ1) is 8.97. The Labute approximate surface area is 108 Å². The number of nitrogens with one attached hydrogen (secondary N) is 2. The van der Waals surface area contributed by atoms with Crippen LogP contribution in [0.2, 0.25) is 0 Å². The molecule has 0 saturated carbocycles. The predicted octanol–water partition coefficient (Wildman–Crippen LogP) is 0.537. The summed E-state index contributed by atoms with van der Waals surface area (Å²) < 4.78 is 0. The third kappa shape index (κ3) is 2.76. The molecule has 0 fully saturated rings. The summed E-state index contributed by atoms with van der Waals surface area (Å²) in [5.41, 5.74) is 6.38. The van der Waals surface area contributed by atoms with E-state index in [0.717, 1.165) is 5.52 Å². The summed E-state index contributed by atoms with van der Waals surface area (Å²) in [6, 6.07) is 2.74. The zero-order valence-electron chi connectivity index (χ0n) is 9.88. The van der Waals surface area contributed by atoms with Crippen molar-refractivity contribution >= 4 is 22.9 Å². The number of aromatic hydroxyl groups is 1. The molecule has 0 radical (unpaired) electrons. The fourth-order valence-corrected chi connectivity index (χ4v) is 1.93. The molecule has 1 atom stereocenters. The molecule has 6 N–H and O–H groups in total. The Kier molecular flexibility index (Phi) is 3.28. The predicted molar refractivity (Wildman–Crippen MR) is 67.8 cm³/mol. The first-order valence-electron chi connectivity index (χ1n) is 5.55. The molecule has 0 spiro atoms. The minimum absolute atomic E-state index is 0.0712. The van der Waals surface area contributed by atoms with Crippen LogP contribution in [0.3, 0.4) is 0 Å². The monoisotopic (exact) mass is 263 g/mol. The summed E-state index contributed by atoms with van der Waals surface area (Å²) in [5.74, 6) is -1.09. The Morgan fingerprint density at radius 3 is 2.79 bits per heavy atom. The van der Waals surface area contributed by atoms with Gasteiger partial charge in [0, 0.05) is 23.5 Å². The molecule has 100 valence electrons. The Bertz CT molecular complexity index is 635. The maximum Gasteiger partial charge on any atom is 0.326 e. The molecular formula is C12H13N3O4. The van der Waals surface area contributed by atoms with Gasteiger partial charge in [-0.15, -0.1) is 0 Å². The number of carbonyl (C=O) groups is 2. The number of aromatic nitrogens is 1. The maximum absolute atomic E-state index is 11.0. The zero-order valence-corrected chi connectivity index (χ0v) is 9.88. The van der Waals surface area contributed by atoms with Crippen LogP contribution in [-0.2, 0) is 11.2 Å². The maximum atomic E-state index is 11.0. The van der Waals surface area contributed by atoms with Crippen molar-refractivity contribution in [2.75, 3.05) is 0 Å². The van der Waals surface area contributed by atoms with Gasteiger partial charge in [0.15, 0.2) is 0 Å². The largest absolute Gasteiger partial charge is 0.508 e. The fourth-order valence-electron chi connectivity index (χ4n) is 1.93. The molecule has 2 rings (SSSR count). The number of carboxylic acids is 1. The molecule has 0 saturated heterocycles. The lowest BCUT2D eigenvalue weighted by molar-refractivity contribution is -0.139.